The average Bonchev–Trinajstić information content (AvgIpc) is 2.95. The van der Waals surface area contributed by atoms with Gasteiger partial charge in [-0.1, -0.05) is 52.2 Å². The minimum atomic E-state index is -0.480. The van der Waals surface area contributed by atoms with Crippen LogP contribution >= 0.6 is 34.5 Å². The Morgan fingerprint density at radius 1 is 1.19 bits per heavy atom. The molecule has 0 atom stereocenters. The van der Waals surface area contributed by atoms with Crippen molar-refractivity contribution in [3.05, 3.63) is 61.9 Å². The molecule has 27 heavy (non-hydrogen) atoms. The molecule has 1 amide bonds. The van der Waals surface area contributed by atoms with E-state index in [2.05, 4.69) is 4.99 Å². The zero-order valence-electron chi connectivity index (χ0n) is 14.9. The van der Waals surface area contributed by atoms with Crippen LogP contribution in [-0.4, -0.2) is 23.6 Å². The minimum Gasteiger partial charge on any atom is -0.468 e. The maximum absolute atomic E-state index is 12.7. The van der Waals surface area contributed by atoms with Gasteiger partial charge in [0, 0.05) is 5.56 Å². The molecule has 140 valence electrons. The number of aromatic nitrogens is 1. The van der Waals surface area contributed by atoms with E-state index in [0.29, 0.717) is 25.9 Å². The van der Waals surface area contributed by atoms with Gasteiger partial charge < -0.3 is 9.30 Å². The molecule has 0 bridgehead atoms. The Morgan fingerprint density at radius 2 is 1.93 bits per heavy atom. The number of benzene rings is 2. The topological polar surface area (TPSA) is 60.7 Å². The molecule has 1 aromatic heterocycles. The second-order valence-electron chi connectivity index (χ2n) is 5.99. The zero-order chi connectivity index (χ0) is 19.7. The molecule has 3 aromatic rings. The van der Waals surface area contributed by atoms with E-state index in [1.54, 1.807) is 22.8 Å². The summed E-state index contributed by atoms with van der Waals surface area (Å²) >= 11 is 13.7. The van der Waals surface area contributed by atoms with Crippen molar-refractivity contribution in [1.82, 2.24) is 4.57 Å². The van der Waals surface area contributed by atoms with Crippen LogP contribution in [0.1, 0.15) is 21.5 Å². The molecule has 0 spiro atoms. The van der Waals surface area contributed by atoms with Crippen LogP contribution in [0.2, 0.25) is 10.0 Å². The Kier molecular flexibility index (Phi) is 5.69. The summed E-state index contributed by atoms with van der Waals surface area (Å²) in [5.74, 6) is -0.869. The van der Waals surface area contributed by atoms with Crippen LogP contribution in [0.15, 0.2) is 35.3 Å². The number of nitrogens with zero attached hydrogens (tertiary/aromatic N) is 2. The van der Waals surface area contributed by atoms with Crippen LogP contribution in [0, 0.1) is 13.8 Å². The first-order valence-electron chi connectivity index (χ1n) is 8.02. The first-order valence-corrected chi connectivity index (χ1v) is 9.59. The highest BCUT2D eigenvalue weighted by Gasteiger charge is 2.17. The second kappa shape index (κ2) is 7.84. The monoisotopic (exact) mass is 422 g/mol. The summed E-state index contributed by atoms with van der Waals surface area (Å²) in [6.07, 6.45) is 0. The molecule has 0 saturated carbocycles. The molecular weight excluding hydrogens is 407 g/mol. The van der Waals surface area contributed by atoms with Crippen molar-refractivity contribution in [2.24, 2.45) is 4.99 Å². The molecule has 0 aliphatic rings. The number of amides is 1. The van der Waals surface area contributed by atoms with Crippen molar-refractivity contribution in [1.29, 1.82) is 0 Å². The lowest BCUT2D eigenvalue weighted by atomic mass is 10.1. The molecule has 0 saturated heterocycles. The van der Waals surface area contributed by atoms with Gasteiger partial charge in [-0.05, 0) is 37.6 Å². The highest BCUT2D eigenvalue weighted by Crippen LogP contribution is 2.32. The molecular formula is C19H16Cl2N2O3S. The Balaban J connectivity index is 2.22. The lowest BCUT2D eigenvalue weighted by Gasteiger charge is -2.06. The van der Waals surface area contributed by atoms with Crippen molar-refractivity contribution in [2.45, 2.75) is 20.4 Å². The fourth-order valence-corrected chi connectivity index (χ4v) is 4.24. The fourth-order valence-electron chi connectivity index (χ4n) is 2.73. The summed E-state index contributed by atoms with van der Waals surface area (Å²) in [7, 11) is 1.30. The van der Waals surface area contributed by atoms with E-state index >= 15 is 0 Å². The predicted molar refractivity (Wildman–Crippen MR) is 108 cm³/mol. The van der Waals surface area contributed by atoms with Gasteiger partial charge in [-0.25, -0.2) is 0 Å². The standard InChI is InChI=1S/C19H16Cl2N2O3S/c1-10-4-5-12(11(2)8-10)18(25)22-19-23(9-15(24)26-3)17-14(27-19)7-6-13(20)16(17)21/h4-8H,9H2,1-3H3. The third-order valence-electron chi connectivity index (χ3n) is 4.06. The van der Waals surface area contributed by atoms with Gasteiger partial charge in [-0.2, -0.15) is 4.99 Å². The number of hydrogen-bond donors (Lipinski definition) is 0. The van der Waals surface area contributed by atoms with Crippen molar-refractivity contribution in [2.75, 3.05) is 7.11 Å². The molecule has 0 fully saturated rings. The molecule has 1 heterocycles. The fraction of sp³-hybridized carbons (Fsp3) is 0.211. The van der Waals surface area contributed by atoms with Crippen molar-refractivity contribution < 1.29 is 14.3 Å². The number of halogens is 2. The molecule has 2 aromatic carbocycles. The third-order valence-corrected chi connectivity index (χ3v) is 5.90. The second-order valence-corrected chi connectivity index (χ2v) is 7.78. The molecule has 0 aliphatic heterocycles. The molecule has 3 rings (SSSR count). The van der Waals surface area contributed by atoms with E-state index in [-0.39, 0.29) is 12.5 Å². The number of carbonyl (C=O) groups excluding carboxylic acids is 2. The summed E-state index contributed by atoms with van der Waals surface area (Å²) in [4.78, 5) is 29.2. The number of aryl methyl sites for hydroxylation is 2. The number of hydrogen-bond acceptors (Lipinski definition) is 4. The molecule has 0 unspecified atom stereocenters. The summed E-state index contributed by atoms with van der Waals surface area (Å²) in [6, 6.07) is 8.98. The summed E-state index contributed by atoms with van der Waals surface area (Å²) in [5.41, 5.74) is 2.96. The summed E-state index contributed by atoms with van der Waals surface area (Å²) in [6.45, 7) is 3.69. The number of esters is 1. The smallest absolute Gasteiger partial charge is 0.325 e. The Morgan fingerprint density at radius 3 is 2.59 bits per heavy atom. The predicted octanol–water partition coefficient (Wildman–Crippen LogP) is 4.54. The van der Waals surface area contributed by atoms with E-state index < -0.39 is 5.97 Å². The third kappa shape index (κ3) is 3.93. The van der Waals surface area contributed by atoms with E-state index in [1.165, 1.54) is 18.4 Å². The minimum absolute atomic E-state index is 0.129. The SMILES string of the molecule is COC(=O)Cn1c(=NC(=O)c2ccc(C)cc2C)sc2ccc(Cl)c(Cl)c21. The molecule has 0 aliphatic carbocycles. The maximum Gasteiger partial charge on any atom is 0.325 e. The van der Waals surface area contributed by atoms with E-state index in [0.717, 1.165) is 15.8 Å². The number of fused-ring (bicyclic) bond motifs is 1. The number of carbonyl (C=O) groups is 2. The van der Waals surface area contributed by atoms with Crippen LogP contribution in [0.25, 0.3) is 10.2 Å². The first kappa shape index (κ1) is 19.6. The Bertz CT molecular complexity index is 1130. The first-order chi connectivity index (χ1) is 12.8. The van der Waals surface area contributed by atoms with Gasteiger partial charge in [0.05, 0.1) is 27.4 Å². The van der Waals surface area contributed by atoms with Gasteiger partial charge in [0.1, 0.15) is 6.54 Å². The number of rotatable bonds is 3. The molecule has 8 heteroatoms. The lowest BCUT2D eigenvalue weighted by molar-refractivity contribution is -0.141. The zero-order valence-corrected chi connectivity index (χ0v) is 17.2. The van der Waals surface area contributed by atoms with E-state index in [1.807, 2.05) is 26.0 Å². The Hall–Kier alpha value is -2.15. The van der Waals surface area contributed by atoms with Gasteiger partial charge in [-0.3, -0.25) is 9.59 Å². The normalized spacial score (nSPS) is 11.8. The maximum atomic E-state index is 12.7. The van der Waals surface area contributed by atoms with Crippen LogP contribution in [-0.2, 0) is 16.1 Å². The summed E-state index contributed by atoms with van der Waals surface area (Å²) in [5, 5.41) is 0.655. The number of ether oxygens (including phenoxy) is 1. The van der Waals surface area contributed by atoms with Crippen LogP contribution < -0.4 is 4.80 Å². The molecule has 0 radical (unpaired) electrons. The largest absolute Gasteiger partial charge is 0.468 e. The molecule has 5 nitrogen and oxygen atoms in total. The van der Waals surface area contributed by atoms with Crippen LogP contribution in [0.5, 0.6) is 0 Å². The van der Waals surface area contributed by atoms with Crippen LogP contribution in [0.4, 0.5) is 0 Å². The van der Waals surface area contributed by atoms with Gasteiger partial charge in [0.15, 0.2) is 4.80 Å². The van der Waals surface area contributed by atoms with E-state index in [4.69, 9.17) is 27.9 Å². The Labute approximate surface area is 169 Å². The lowest BCUT2D eigenvalue weighted by Crippen LogP contribution is -2.22. The van der Waals surface area contributed by atoms with E-state index in [9.17, 15) is 9.59 Å². The highest BCUT2D eigenvalue weighted by molar-refractivity contribution is 7.16. The number of methoxy groups -OCH3 is 1. The van der Waals surface area contributed by atoms with Crippen molar-refractivity contribution in [3.63, 3.8) is 0 Å². The average molecular weight is 423 g/mol. The van der Waals surface area contributed by atoms with Gasteiger partial charge in [-0.15, -0.1) is 0 Å². The quantitative estimate of drug-likeness (QED) is 0.581. The van der Waals surface area contributed by atoms with Crippen molar-refractivity contribution >= 4 is 56.6 Å². The van der Waals surface area contributed by atoms with Gasteiger partial charge >= 0.3 is 5.97 Å². The number of thiazole rings is 1. The van der Waals surface area contributed by atoms with Gasteiger partial charge in [0.25, 0.3) is 5.91 Å². The summed E-state index contributed by atoms with van der Waals surface area (Å²) < 4.78 is 7.08. The van der Waals surface area contributed by atoms with Gasteiger partial charge in [0.2, 0.25) is 0 Å². The van der Waals surface area contributed by atoms with Crippen molar-refractivity contribution in [3.8, 4) is 0 Å². The van der Waals surface area contributed by atoms with Crippen LogP contribution in [0.3, 0.4) is 0 Å². The molecule has 0 N–H and O–H groups in total. The highest BCUT2D eigenvalue weighted by atomic mass is 35.5.